The van der Waals surface area contributed by atoms with Crippen LogP contribution in [-0.4, -0.2) is 37.2 Å². The Bertz CT molecular complexity index is 488. The van der Waals surface area contributed by atoms with Crippen LogP contribution < -0.4 is 10.0 Å². The van der Waals surface area contributed by atoms with E-state index in [4.69, 9.17) is 0 Å². The van der Waals surface area contributed by atoms with E-state index in [1.165, 1.54) is 6.20 Å². The van der Waals surface area contributed by atoms with Crippen LogP contribution in [0, 0.1) is 6.92 Å². The van der Waals surface area contributed by atoms with Gasteiger partial charge >= 0.3 is 0 Å². The molecule has 1 aromatic rings. The van der Waals surface area contributed by atoms with Gasteiger partial charge in [-0.25, -0.2) is 13.1 Å². The maximum Gasteiger partial charge on any atom is 0.244 e. The zero-order valence-corrected chi connectivity index (χ0v) is 12.1. The summed E-state index contributed by atoms with van der Waals surface area (Å²) in [6.07, 6.45) is 3.20. The molecule has 0 radical (unpaired) electrons. The topological polar surface area (TPSA) is 86.9 Å². The highest BCUT2D eigenvalue weighted by Gasteiger charge is 2.27. The average Bonchev–Trinajstić information content (AvgIpc) is 2.68. The molecule has 0 aliphatic carbocycles. The van der Waals surface area contributed by atoms with Gasteiger partial charge in [0, 0.05) is 12.1 Å². The fourth-order valence-corrected chi connectivity index (χ4v) is 3.57. The molecule has 6 nitrogen and oxygen atoms in total. The maximum absolute atomic E-state index is 12.1. The van der Waals surface area contributed by atoms with E-state index in [0.717, 1.165) is 19.4 Å². The number of nitrogens with zero attached hydrogens (tertiary/aromatic N) is 1. The summed E-state index contributed by atoms with van der Waals surface area (Å²) in [5.41, 5.74) is 0.564. The van der Waals surface area contributed by atoms with E-state index < -0.39 is 10.0 Å². The number of halogens is 1. The smallest absolute Gasteiger partial charge is 0.244 e. The van der Waals surface area contributed by atoms with Gasteiger partial charge < -0.3 is 5.32 Å². The fraction of sp³-hybridized carbons (Fsp3) is 0.700. The Labute approximate surface area is 113 Å². The van der Waals surface area contributed by atoms with E-state index in [2.05, 4.69) is 20.2 Å². The van der Waals surface area contributed by atoms with Crippen molar-refractivity contribution in [2.24, 2.45) is 0 Å². The number of aryl methyl sites for hydroxylation is 1. The first kappa shape index (κ1) is 15.4. The van der Waals surface area contributed by atoms with Gasteiger partial charge in [-0.1, -0.05) is 0 Å². The number of rotatable bonds is 3. The number of aromatic nitrogens is 2. The second-order valence-electron chi connectivity index (χ2n) is 4.47. The van der Waals surface area contributed by atoms with Crippen molar-refractivity contribution in [1.82, 2.24) is 20.2 Å². The lowest BCUT2D eigenvalue weighted by atomic mass is 10.0. The molecule has 0 saturated carbocycles. The number of piperidine rings is 1. The molecule has 3 N–H and O–H groups in total. The zero-order valence-electron chi connectivity index (χ0n) is 10.4. The molecule has 0 amide bonds. The molecule has 2 atom stereocenters. The summed E-state index contributed by atoms with van der Waals surface area (Å²) < 4.78 is 27.0. The normalized spacial score (nSPS) is 24.6. The van der Waals surface area contributed by atoms with Gasteiger partial charge in [0.25, 0.3) is 0 Å². The van der Waals surface area contributed by atoms with Gasteiger partial charge in [0.05, 0.1) is 11.9 Å². The van der Waals surface area contributed by atoms with Crippen LogP contribution in [0.15, 0.2) is 11.1 Å². The lowest BCUT2D eigenvalue weighted by Crippen LogP contribution is -2.51. The third kappa shape index (κ3) is 3.23. The lowest BCUT2D eigenvalue weighted by Gasteiger charge is -2.30. The Morgan fingerprint density at radius 2 is 2.22 bits per heavy atom. The van der Waals surface area contributed by atoms with E-state index in [9.17, 15) is 8.42 Å². The minimum absolute atomic E-state index is 0. The van der Waals surface area contributed by atoms with E-state index in [0.29, 0.717) is 5.69 Å². The molecule has 2 heterocycles. The first-order valence-corrected chi connectivity index (χ1v) is 7.25. The number of hydrogen-bond donors (Lipinski definition) is 3. The fourth-order valence-electron chi connectivity index (χ4n) is 2.08. The minimum Gasteiger partial charge on any atom is -0.313 e. The van der Waals surface area contributed by atoms with Crippen molar-refractivity contribution in [2.75, 3.05) is 6.54 Å². The number of hydrogen-bond acceptors (Lipinski definition) is 4. The van der Waals surface area contributed by atoms with Gasteiger partial charge in [-0.15, -0.1) is 12.4 Å². The monoisotopic (exact) mass is 294 g/mol. The second-order valence-corrected chi connectivity index (χ2v) is 6.15. The Kier molecular flexibility index (Phi) is 5.15. The standard InChI is InChI=1S/C10H18N4O2S.ClH/c1-7-9(4-3-5-11-7)14-17(15,16)10-6-12-13-8(10)2;/h6-7,9,11,14H,3-5H2,1-2H3,(H,12,13);1H. The second kappa shape index (κ2) is 6.01. The quantitative estimate of drug-likeness (QED) is 0.760. The maximum atomic E-state index is 12.1. The Morgan fingerprint density at radius 1 is 1.50 bits per heavy atom. The molecular formula is C10H19ClN4O2S. The number of H-pyrrole nitrogens is 1. The van der Waals surface area contributed by atoms with Gasteiger partial charge in [0.2, 0.25) is 10.0 Å². The van der Waals surface area contributed by atoms with E-state index in [-0.39, 0.29) is 29.4 Å². The molecule has 8 heteroatoms. The molecule has 18 heavy (non-hydrogen) atoms. The number of sulfonamides is 1. The van der Waals surface area contributed by atoms with Gasteiger partial charge in [-0.05, 0) is 33.2 Å². The minimum atomic E-state index is -3.46. The zero-order chi connectivity index (χ0) is 12.5. The van der Waals surface area contributed by atoms with Gasteiger partial charge in [-0.2, -0.15) is 5.10 Å². The van der Waals surface area contributed by atoms with E-state index >= 15 is 0 Å². The Balaban J connectivity index is 0.00000162. The van der Waals surface area contributed by atoms with Crippen molar-refractivity contribution in [3.63, 3.8) is 0 Å². The summed E-state index contributed by atoms with van der Waals surface area (Å²) in [7, 11) is -3.46. The third-order valence-corrected chi connectivity index (χ3v) is 4.75. The van der Waals surface area contributed by atoms with Crippen molar-refractivity contribution in [3.05, 3.63) is 11.9 Å². The van der Waals surface area contributed by atoms with Crippen LogP contribution in [0.25, 0.3) is 0 Å². The predicted octanol–water partition coefficient (Wildman–Crippen LogP) is 0.559. The highest BCUT2D eigenvalue weighted by atomic mass is 35.5. The van der Waals surface area contributed by atoms with Crippen molar-refractivity contribution < 1.29 is 8.42 Å². The van der Waals surface area contributed by atoms with Crippen LogP contribution in [0.5, 0.6) is 0 Å². The van der Waals surface area contributed by atoms with Crippen molar-refractivity contribution in [1.29, 1.82) is 0 Å². The average molecular weight is 295 g/mol. The SMILES string of the molecule is Cc1[nH]ncc1S(=O)(=O)NC1CCCNC1C.Cl. The van der Waals surface area contributed by atoms with Crippen molar-refractivity contribution >= 4 is 22.4 Å². The highest BCUT2D eigenvalue weighted by molar-refractivity contribution is 7.89. The van der Waals surface area contributed by atoms with Crippen LogP contribution in [0.4, 0.5) is 0 Å². The lowest BCUT2D eigenvalue weighted by molar-refractivity contribution is 0.349. The van der Waals surface area contributed by atoms with Crippen LogP contribution in [-0.2, 0) is 10.0 Å². The molecule has 1 aliphatic heterocycles. The molecule has 104 valence electrons. The first-order chi connectivity index (χ1) is 8.00. The summed E-state index contributed by atoms with van der Waals surface area (Å²) in [5, 5.41) is 9.64. The highest BCUT2D eigenvalue weighted by Crippen LogP contribution is 2.15. The Hall–Kier alpha value is -0.630. The summed E-state index contributed by atoms with van der Waals surface area (Å²) in [6.45, 7) is 4.64. The van der Waals surface area contributed by atoms with Gasteiger partial charge in [-0.3, -0.25) is 5.10 Å². The molecular weight excluding hydrogens is 276 g/mol. The van der Waals surface area contributed by atoms with Crippen LogP contribution in [0.1, 0.15) is 25.5 Å². The van der Waals surface area contributed by atoms with E-state index in [1.54, 1.807) is 6.92 Å². The van der Waals surface area contributed by atoms with Gasteiger partial charge in [0.1, 0.15) is 4.90 Å². The van der Waals surface area contributed by atoms with Crippen LogP contribution in [0.2, 0.25) is 0 Å². The molecule has 0 bridgehead atoms. The largest absolute Gasteiger partial charge is 0.313 e. The predicted molar refractivity (Wildman–Crippen MR) is 71.4 cm³/mol. The first-order valence-electron chi connectivity index (χ1n) is 5.76. The molecule has 1 aromatic heterocycles. The molecule has 0 aromatic carbocycles. The summed E-state index contributed by atoms with van der Waals surface area (Å²) in [6, 6.07) is 0.105. The van der Waals surface area contributed by atoms with Crippen molar-refractivity contribution in [2.45, 2.75) is 43.7 Å². The summed E-state index contributed by atoms with van der Waals surface area (Å²) in [4.78, 5) is 0.232. The van der Waals surface area contributed by atoms with E-state index in [1.807, 2.05) is 6.92 Å². The summed E-state index contributed by atoms with van der Waals surface area (Å²) in [5.74, 6) is 0. The molecule has 2 unspecified atom stereocenters. The Morgan fingerprint density at radius 3 is 2.78 bits per heavy atom. The molecule has 1 fully saturated rings. The number of nitrogens with one attached hydrogen (secondary N) is 3. The molecule has 1 saturated heterocycles. The van der Waals surface area contributed by atoms with Crippen LogP contribution in [0.3, 0.4) is 0 Å². The third-order valence-electron chi connectivity index (χ3n) is 3.14. The van der Waals surface area contributed by atoms with Gasteiger partial charge in [0.15, 0.2) is 0 Å². The number of aromatic amines is 1. The molecule has 0 spiro atoms. The summed E-state index contributed by atoms with van der Waals surface area (Å²) >= 11 is 0. The molecule has 2 rings (SSSR count). The molecule has 1 aliphatic rings. The van der Waals surface area contributed by atoms with Crippen molar-refractivity contribution in [3.8, 4) is 0 Å². The van der Waals surface area contributed by atoms with Crippen LogP contribution >= 0.6 is 12.4 Å².